The summed E-state index contributed by atoms with van der Waals surface area (Å²) in [5.41, 5.74) is 8.29. The molecule has 5 nitrogen and oxygen atoms in total. The van der Waals surface area contributed by atoms with Crippen LogP contribution in [0.15, 0.2) is 17.1 Å². The second-order valence-electron chi connectivity index (χ2n) is 4.95. The van der Waals surface area contributed by atoms with Gasteiger partial charge >= 0.3 is 6.18 Å². The number of halogens is 4. The van der Waals surface area contributed by atoms with Gasteiger partial charge in [-0.25, -0.2) is 9.37 Å². The second-order valence-corrected chi connectivity index (χ2v) is 4.95. The number of aliphatic imine (C=N–C) groups is 1. The van der Waals surface area contributed by atoms with Crippen molar-refractivity contribution < 1.29 is 22.3 Å². The highest BCUT2D eigenvalue weighted by Gasteiger charge is 2.58. The lowest BCUT2D eigenvalue weighted by Crippen LogP contribution is -2.56. The minimum absolute atomic E-state index is 0.124. The summed E-state index contributed by atoms with van der Waals surface area (Å²) in [7, 11) is 0. The van der Waals surface area contributed by atoms with E-state index in [1.165, 1.54) is 6.92 Å². The van der Waals surface area contributed by atoms with E-state index in [9.17, 15) is 17.6 Å². The number of hydrogen-bond acceptors (Lipinski definition) is 5. The van der Waals surface area contributed by atoms with Gasteiger partial charge < -0.3 is 16.2 Å². The van der Waals surface area contributed by atoms with Crippen molar-refractivity contribution in [3.05, 3.63) is 23.6 Å². The smallest absolute Gasteiger partial charge is 0.385 e. The van der Waals surface area contributed by atoms with Crippen molar-refractivity contribution in [2.24, 2.45) is 10.7 Å². The molecule has 116 valence electrons. The molecule has 9 heteroatoms. The van der Waals surface area contributed by atoms with E-state index in [1.54, 1.807) is 0 Å². The molecule has 0 saturated carbocycles. The van der Waals surface area contributed by atoms with E-state index in [0.29, 0.717) is 0 Å². The van der Waals surface area contributed by atoms with Gasteiger partial charge in [0.05, 0.1) is 0 Å². The molecule has 3 unspecified atom stereocenters. The van der Waals surface area contributed by atoms with Gasteiger partial charge in [0.1, 0.15) is 34.8 Å². The molecule has 21 heavy (non-hydrogen) atoms. The van der Waals surface area contributed by atoms with Gasteiger partial charge in [0.15, 0.2) is 6.10 Å². The van der Waals surface area contributed by atoms with Crippen LogP contribution in [0.3, 0.4) is 0 Å². The van der Waals surface area contributed by atoms with Crippen molar-refractivity contribution in [2.45, 2.75) is 37.8 Å². The Morgan fingerprint density at radius 3 is 2.48 bits per heavy atom. The van der Waals surface area contributed by atoms with Gasteiger partial charge in [0, 0.05) is 0 Å². The monoisotopic (exact) mass is 306 g/mol. The Morgan fingerprint density at radius 1 is 1.29 bits per heavy atom. The van der Waals surface area contributed by atoms with E-state index in [0.717, 1.165) is 19.1 Å². The lowest BCUT2D eigenvalue weighted by molar-refractivity contribution is -0.249. The van der Waals surface area contributed by atoms with Crippen molar-refractivity contribution in [2.75, 3.05) is 5.73 Å². The van der Waals surface area contributed by atoms with Crippen LogP contribution in [0.1, 0.15) is 19.5 Å². The lowest BCUT2D eigenvalue weighted by atomic mass is 9.88. The van der Waals surface area contributed by atoms with Gasteiger partial charge in [-0.1, -0.05) is 0 Å². The molecular weight excluding hydrogens is 292 g/mol. The number of alkyl halides is 3. The summed E-state index contributed by atoms with van der Waals surface area (Å²) in [6.45, 7) is 2.40. The number of hydrogen-bond donors (Lipinski definition) is 2. The zero-order valence-corrected chi connectivity index (χ0v) is 11.3. The van der Waals surface area contributed by atoms with Crippen LogP contribution in [0.25, 0.3) is 0 Å². The fourth-order valence-corrected chi connectivity index (χ4v) is 2.21. The van der Waals surface area contributed by atoms with Gasteiger partial charge in [0.2, 0.25) is 0 Å². The first-order chi connectivity index (χ1) is 9.55. The Labute approximate surface area is 118 Å². The van der Waals surface area contributed by atoms with E-state index in [4.69, 9.17) is 16.2 Å². The zero-order valence-electron chi connectivity index (χ0n) is 11.3. The third-order valence-corrected chi connectivity index (χ3v) is 3.27. The van der Waals surface area contributed by atoms with Crippen LogP contribution < -0.4 is 11.5 Å². The average molecular weight is 306 g/mol. The van der Waals surface area contributed by atoms with Crippen molar-refractivity contribution >= 4 is 11.7 Å². The zero-order chi connectivity index (χ0) is 16.0. The van der Waals surface area contributed by atoms with Crippen molar-refractivity contribution in [1.82, 2.24) is 4.98 Å². The Hall–Kier alpha value is -1.90. The molecule has 3 atom stereocenters. The first-order valence-corrected chi connectivity index (χ1v) is 6.05. The van der Waals surface area contributed by atoms with E-state index in [1.807, 2.05) is 0 Å². The molecule has 2 rings (SSSR count). The van der Waals surface area contributed by atoms with Crippen LogP contribution in [0.2, 0.25) is 0 Å². The van der Waals surface area contributed by atoms with Crippen LogP contribution in [-0.4, -0.2) is 29.2 Å². The Kier molecular flexibility index (Phi) is 3.56. The van der Waals surface area contributed by atoms with Gasteiger partial charge in [-0.05, 0) is 26.0 Å². The number of nitrogens with two attached hydrogens (primary N) is 2. The molecule has 1 aromatic heterocycles. The van der Waals surface area contributed by atoms with E-state index in [2.05, 4.69) is 9.98 Å². The van der Waals surface area contributed by atoms with E-state index < -0.39 is 35.4 Å². The SMILES string of the molecule is CC1OC(C(F)(F)F)C(C)(c2nc(N)ccc2F)N=C1N. The van der Waals surface area contributed by atoms with Crippen LogP contribution >= 0.6 is 0 Å². The molecule has 0 radical (unpaired) electrons. The maximum absolute atomic E-state index is 13.9. The molecule has 1 aliphatic heterocycles. The summed E-state index contributed by atoms with van der Waals surface area (Å²) in [5.74, 6) is -1.25. The summed E-state index contributed by atoms with van der Waals surface area (Å²) in [6.07, 6.45) is -8.18. The number of aromatic nitrogens is 1. The predicted molar refractivity (Wildman–Crippen MR) is 68.0 cm³/mol. The molecule has 1 aromatic rings. The maximum Gasteiger partial charge on any atom is 0.417 e. The first kappa shape index (κ1) is 15.5. The number of amidine groups is 1. The summed E-state index contributed by atoms with van der Waals surface area (Å²) in [6, 6.07) is 2.07. The number of nitrogen functional groups attached to an aromatic ring is 1. The molecule has 0 spiro atoms. The predicted octanol–water partition coefficient (Wildman–Crippen LogP) is 1.72. The summed E-state index contributed by atoms with van der Waals surface area (Å²) < 4.78 is 58.5. The van der Waals surface area contributed by atoms with Gasteiger partial charge in [-0.2, -0.15) is 13.2 Å². The Balaban J connectivity index is 2.66. The molecule has 0 aromatic carbocycles. The largest absolute Gasteiger partial charge is 0.417 e. The number of pyridine rings is 1. The maximum atomic E-state index is 13.9. The highest BCUT2D eigenvalue weighted by atomic mass is 19.4. The minimum atomic E-state index is -4.77. The third-order valence-electron chi connectivity index (χ3n) is 3.27. The number of anilines is 1. The van der Waals surface area contributed by atoms with E-state index >= 15 is 0 Å². The molecule has 4 N–H and O–H groups in total. The normalized spacial score (nSPS) is 30.1. The minimum Gasteiger partial charge on any atom is -0.385 e. The molecule has 0 amide bonds. The topological polar surface area (TPSA) is 86.5 Å². The standard InChI is InChI=1S/C12H14F4N4O/c1-5-9(18)20-11(2,10(21-5)12(14,15)16)8-6(13)3-4-7(17)19-8/h3-5,10H,1-2H3,(H2,17,19)(H2,18,20). The van der Waals surface area contributed by atoms with Crippen LogP contribution in [0, 0.1) is 5.82 Å². The average Bonchev–Trinajstić information content (AvgIpc) is 2.35. The van der Waals surface area contributed by atoms with Crippen molar-refractivity contribution in [3.8, 4) is 0 Å². The highest BCUT2D eigenvalue weighted by Crippen LogP contribution is 2.43. The van der Waals surface area contributed by atoms with Crippen molar-refractivity contribution in [1.29, 1.82) is 0 Å². The molecular formula is C12H14F4N4O. The molecule has 1 aliphatic rings. The van der Waals surface area contributed by atoms with Crippen LogP contribution in [0.5, 0.6) is 0 Å². The fourth-order valence-electron chi connectivity index (χ4n) is 2.21. The third kappa shape index (κ3) is 2.65. The van der Waals surface area contributed by atoms with Crippen molar-refractivity contribution in [3.63, 3.8) is 0 Å². The summed E-state index contributed by atoms with van der Waals surface area (Å²) in [4.78, 5) is 7.46. The highest BCUT2D eigenvalue weighted by molar-refractivity contribution is 5.85. The molecule has 0 fully saturated rings. The van der Waals surface area contributed by atoms with Gasteiger partial charge in [-0.15, -0.1) is 0 Å². The molecule has 0 bridgehead atoms. The lowest BCUT2D eigenvalue weighted by Gasteiger charge is -2.40. The van der Waals surface area contributed by atoms with E-state index in [-0.39, 0.29) is 11.7 Å². The number of nitrogens with zero attached hydrogens (tertiary/aromatic N) is 2. The van der Waals surface area contributed by atoms with Crippen LogP contribution in [-0.2, 0) is 10.3 Å². The second kappa shape index (κ2) is 4.83. The Morgan fingerprint density at radius 2 is 1.90 bits per heavy atom. The first-order valence-electron chi connectivity index (χ1n) is 6.05. The number of rotatable bonds is 1. The number of ether oxygens (including phenoxy) is 1. The quantitative estimate of drug-likeness (QED) is 0.774. The van der Waals surface area contributed by atoms with Gasteiger partial charge in [-0.3, -0.25) is 4.99 Å². The van der Waals surface area contributed by atoms with Gasteiger partial charge in [0.25, 0.3) is 0 Å². The molecule has 0 aliphatic carbocycles. The summed E-state index contributed by atoms with van der Waals surface area (Å²) in [5, 5.41) is 0. The fraction of sp³-hybridized carbons (Fsp3) is 0.500. The molecule has 0 saturated heterocycles. The summed E-state index contributed by atoms with van der Waals surface area (Å²) >= 11 is 0. The van der Waals surface area contributed by atoms with Crippen LogP contribution in [0.4, 0.5) is 23.4 Å². The Bertz CT molecular complexity index is 589. The molecule has 2 heterocycles.